The van der Waals surface area contributed by atoms with Crippen LogP contribution in [0, 0.1) is 17.8 Å². The molecule has 1 saturated carbocycles. The molecule has 1 aliphatic carbocycles. The topological polar surface area (TPSA) is 55.6 Å². The zero-order valence-electron chi connectivity index (χ0n) is 12.5. The van der Waals surface area contributed by atoms with Crippen LogP contribution in [0.25, 0.3) is 0 Å². The zero-order chi connectivity index (χ0) is 14.0. The highest BCUT2D eigenvalue weighted by Gasteiger charge is 2.37. The molecule has 2 fully saturated rings. The van der Waals surface area contributed by atoms with Crippen LogP contribution in [0.5, 0.6) is 0 Å². The van der Waals surface area contributed by atoms with E-state index >= 15 is 0 Å². The number of carbonyl (C=O) groups excluding carboxylic acids is 1. The summed E-state index contributed by atoms with van der Waals surface area (Å²) in [7, 11) is 1.74. The van der Waals surface area contributed by atoms with Gasteiger partial charge < -0.3 is 15.4 Å². The third kappa shape index (κ3) is 3.11. The maximum atomic E-state index is 12.7. The smallest absolute Gasteiger partial charge is 0.227 e. The molecular formula is C15H28N2O2. The molecule has 0 radical (unpaired) electrons. The molecule has 0 spiro atoms. The van der Waals surface area contributed by atoms with Gasteiger partial charge in [0.1, 0.15) is 0 Å². The van der Waals surface area contributed by atoms with E-state index in [0.29, 0.717) is 11.8 Å². The molecule has 0 bridgehead atoms. The first-order valence-corrected chi connectivity index (χ1v) is 7.61. The number of hydrogen-bond acceptors (Lipinski definition) is 3. The second-order valence-corrected chi connectivity index (χ2v) is 6.42. The number of ether oxygens (including phenoxy) is 1. The molecule has 1 heterocycles. The Labute approximate surface area is 116 Å². The minimum Gasteiger partial charge on any atom is -0.379 e. The van der Waals surface area contributed by atoms with Gasteiger partial charge in [0.15, 0.2) is 0 Å². The number of piperidine rings is 1. The molecule has 0 aromatic heterocycles. The van der Waals surface area contributed by atoms with Crippen molar-refractivity contribution in [3.8, 4) is 0 Å². The van der Waals surface area contributed by atoms with Gasteiger partial charge in [-0.15, -0.1) is 0 Å². The summed E-state index contributed by atoms with van der Waals surface area (Å²) in [5.74, 6) is 1.28. The minimum atomic E-state index is 0.0228. The van der Waals surface area contributed by atoms with Crippen LogP contribution in [0.2, 0.25) is 0 Å². The lowest BCUT2D eigenvalue weighted by molar-refractivity contribution is -0.142. The van der Waals surface area contributed by atoms with Gasteiger partial charge >= 0.3 is 0 Å². The van der Waals surface area contributed by atoms with E-state index in [9.17, 15) is 4.79 Å². The maximum absolute atomic E-state index is 12.7. The van der Waals surface area contributed by atoms with E-state index in [1.807, 2.05) is 4.90 Å². The van der Waals surface area contributed by atoms with Gasteiger partial charge in [-0.1, -0.05) is 20.3 Å². The molecule has 2 N–H and O–H groups in total. The third-order valence-electron chi connectivity index (χ3n) is 5.12. The minimum absolute atomic E-state index is 0.0228. The summed E-state index contributed by atoms with van der Waals surface area (Å²) < 4.78 is 5.49. The molecule has 1 aliphatic heterocycles. The van der Waals surface area contributed by atoms with Crippen molar-refractivity contribution in [1.82, 2.24) is 4.90 Å². The maximum Gasteiger partial charge on any atom is 0.227 e. The SMILES string of the molecule is COC1CN(C(=O)C2CCCC(C)C2N)CCC1C. The highest BCUT2D eigenvalue weighted by atomic mass is 16.5. The summed E-state index contributed by atoms with van der Waals surface area (Å²) in [6, 6.07) is 0.0293. The van der Waals surface area contributed by atoms with Gasteiger partial charge in [-0.05, 0) is 31.1 Å². The van der Waals surface area contributed by atoms with Crippen LogP contribution in [-0.4, -0.2) is 43.2 Å². The van der Waals surface area contributed by atoms with Crippen molar-refractivity contribution in [2.45, 2.75) is 51.7 Å². The van der Waals surface area contributed by atoms with Crippen molar-refractivity contribution >= 4 is 5.91 Å². The van der Waals surface area contributed by atoms with E-state index in [0.717, 1.165) is 38.8 Å². The van der Waals surface area contributed by atoms with Crippen molar-refractivity contribution < 1.29 is 9.53 Å². The molecule has 5 atom stereocenters. The summed E-state index contributed by atoms with van der Waals surface area (Å²) in [6.07, 6.45) is 4.44. The van der Waals surface area contributed by atoms with Crippen LogP contribution in [0.1, 0.15) is 39.5 Å². The van der Waals surface area contributed by atoms with Gasteiger partial charge in [0.25, 0.3) is 0 Å². The van der Waals surface area contributed by atoms with Crippen molar-refractivity contribution in [3.63, 3.8) is 0 Å². The molecule has 0 aromatic rings. The molecule has 0 aromatic carbocycles. The Kier molecular flexibility index (Phi) is 4.85. The number of rotatable bonds is 2. The van der Waals surface area contributed by atoms with Crippen molar-refractivity contribution in [3.05, 3.63) is 0 Å². The van der Waals surface area contributed by atoms with E-state index in [2.05, 4.69) is 13.8 Å². The lowest BCUT2D eigenvalue weighted by atomic mass is 9.77. The van der Waals surface area contributed by atoms with Gasteiger partial charge in [0.2, 0.25) is 5.91 Å². The predicted molar refractivity (Wildman–Crippen MR) is 75.6 cm³/mol. The standard InChI is InChI=1S/C15H28N2O2/c1-10-7-8-17(9-13(10)19-3)15(18)12-6-4-5-11(2)14(12)16/h10-14H,4-9,16H2,1-3H3. The number of nitrogens with zero attached hydrogens (tertiary/aromatic N) is 1. The fraction of sp³-hybridized carbons (Fsp3) is 0.933. The summed E-state index contributed by atoms with van der Waals surface area (Å²) in [4.78, 5) is 14.7. The summed E-state index contributed by atoms with van der Waals surface area (Å²) in [5.41, 5.74) is 6.25. The Balaban J connectivity index is 1.99. The number of methoxy groups -OCH3 is 1. The van der Waals surface area contributed by atoms with Gasteiger partial charge in [0.05, 0.1) is 12.0 Å². The Morgan fingerprint density at radius 2 is 1.95 bits per heavy atom. The lowest BCUT2D eigenvalue weighted by Crippen LogP contribution is -2.53. The quantitative estimate of drug-likeness (QED) is 0.828. The number of amides is 1. The molecule has 110 valence electrons. The Morgan fingerprint density at radius 1 is 1.21 bits per heavy atom. The Morgan fingerprint density at radius 3 is 2.63 bits per heavy atom. The monoisotopic (exact) mass is 268 g/mol. The number of likely N-dealkylation sites (tertiary alicyclic amines) is 1. The van der Waals surface area contributed by atoms with Crippen molar-refractivity contribution in [2.75, 3.05) is 20.2 Å². The van der Waals surface area contributed by atoms with Crippen LogP contribution in [0.15, 0.2) is 0 Å². The summed E-state index contributed by atoms with van der Waals surface area (Å²) in [6.45, 7) is 5.95. The number of nitrogens with two attached hydrogens (primary N) is 1. The van der Waals surface area contributed by atoms with Gasteiger partial charge in [-0.3, -0.25) is 4.79 Å². The molecule has 2 rings (SSSR count). The molecule has 2 aliphatic rings. The first-order valence-electron chi connectivity index (χ1n) is 7.61. The molecule has 19 heavy (non-hydrogen) atoms. The van der Waals surface area contributed by atoms with Crippen LogP contribution >= 0.6 is 0 Å². The fourth-order valence-electron chi connectivity index (χ4n) is 3.50. The van der Waals surface area contributed by atoms with Gasteiger partial charge in [0, 0.05) is 26.2 Å². The summed E-state index contributed by atoms with van der Waals surface area (Å²) in [5, 5.41) is 0. The number of carbonyl (C=O) groups is 1. The largest absolute Gasteiger partial charge is 0.379 e. The lowest BCUT2D eigenvalue weighted by Gasteiger charge is -2.41. The molecule has 1 amide bonds. The van der Waals surface area contributed by atoms with E-state index in [4.69, 9.17) is 10.5 Å². The predicted octanol–water partition coefficient (Wildman–Crippen LogP) is 1.63. The second-order valence-electron chi connectivity index (χ2n) is 6.42. The molecule has 4 heteroatoms. The Hall–Kier alpha value is -0.610. The van der Waals surface area contributed by atoms with E-state index in [1.54, 1.807) is 7.11 Å². The first-order chi connectivity index (χ1) is 9.04. The van der Waals surface area contributed by atoms with Gasteiger partial charge in [-0.25, -0.2) is 0 Å². The molecule has 4 nitrogen and oxygen atoms in total. The highest BCUT2D eigenvalue weighted by molar-refractivity contribution is 5.80. The molecule has 5 unspecified atom stereocenters. The number of hydrogen-bond donors (Lipinski definition) is 1. The highest BCUT2D eigenvalue weighted by Crippen LogP contribution is 2.30. The van der Waals surface area contributed by atoms with Crippen LogP contribution in [0.4, 0.5) is 0 Å². The average molecular weight is 268 g/mol. The normalized spacial score (nSPS) is 40.2. The van der Waals surface area contributed by atoms with Crippen molar-refractivity contribution in [2.24, 2.45) is 23.5 Å². The van der Waals surface area contributed by atoms with E-state index < -0.39 is 0 Å². The van der Waals surface area contributed by atoms with E-state index in [-0.39, 0.29) is 24.0 Å². The first kappa shape index (κ1) is 14.8. The summed E-state index contributed by atoms with van der Waals surface area (Å²) >= 11 is 0. The average Bonchev–Trinajstić information content (AvgIpc) is 2.41. The zero-order valence-corrected chi connectivity index (χ0v) is 12.5. The molecular weight excluding hydrogens is 240 g/mol. The van der Waals surface area contributed by atoms with Crippen LogP contribution in [0.3, 0.4) is 0 Å². The second kappa shape index (κ2) is 6.23. The van der Waals surface area contributed by atoms with E-state index in [1.165, 1.54) is 0 Å². The Bertz CT molecular complexity index is 321. The fourth-order valence-corrected chi connectivity index (χ4v) is 3.50. The molecule has 1 saturated heterocycles. The van der Waals surface area contributed by atoms with Crippen LogP contribution < -0.4 is 5.73 Å². The van der Waals surface area contributed by atoms with Crippen molar-refractivity contribution in [1.29, 1.82) is 0 Å². The third-order valence-corrected chi connectivity index (χ3v) is 5.12. The van der Waals surface area contributed by atoms with Gasteiger partial charge in [-0.2, -0.15) is 0 Å². The van der Waals surface area contributed by atoms with Crippen LogP contribution in [-0.2, 0) is 9.53 Å².